The maximum atomic E-state index is 5.30. The van der Waals surface area contributed by atoms with Crippen LogP contribution in [-0.4, -0.2) is 26.1 Å². The van der Waals surface area contributed by atoms with Gasteiger partial charge in [-0.15, -0.1) is 0 Å². The molecule has 2 aromatic rings. The van der Waals surface area contributed by atoms with Gasteiger partial charge in [0.2, 0.25) is 0 Å². The fourth-order valence-electron chi connectivity index (χ4n) is 2.37. The summed E-state index contributed by atoms with van der Waals surface area (Å²) in [5, 5.41) is 3.60. The van der Waals surface area contributed by atoms with E-state index in [1.807, 2.05) is 12.1 Å². The molecule has 0 spiro atoms. The van der Waals surface area contributed by atoms with Gasteiger partial charge in [0.05, 0.1) is 7.11 Å². The fraction of sp³-hybridized carbons (Fsp3) is 0.333. The Labute approximate surface area is 127 Å². The molecule has 2 rings (SSSR count). The normalized spacial score (nSPS) is 12.2. The zero-order valence-electron chi connectivity index (χ0n) is 13.3. The molecule has 3 nitrogen and oxygen atoms in total. The van der Waals surface area contributed by atoms with Crippen molar-refractivity contribution in [1.82, 2.24) is 4.90 Å². The second-order valence-corrected chi connectivity index (χ2v) is 5.54. The smallest absolute Gasteiger partial charge is 0.119 e. The summed E-state index contributed by atoms with van der Waals surface area (Å²) in [5.41, 5.74) is 3.70. The summed E-state index contributed by atoms with van der Waals surface area (Å²) in [6.45, 7) is 3.09. The van der Waals surface area contributed by atoms with Gasteiger partial charge in [-0.3, -0.25) is 0 Å². The highest BCUT2D eigenvalue weighted by molar-refractivity contribution is 5.52. The van der Waals surface area contributed by atoms with Crippen LogP contribution in [0.25, 0.3) is 0 Å². The van der Waals surface area contributed by atoms with Crippen molar-refractivity contribution in [2.24, 2.45) is 0 Å². The molecule has 1 atom stereocenters. The Morgan fingerprint density at radius 2 is 1.86 bits per heavy atom. The molecule has 2 aromatic carbocycles. The number of nitrogens with zero attached hydrogens (tertiary/aromatic N) is 1. The first-order valence-corrected chi connectivity index (χ1v) is 7.23. The largest absolute Gasteiger partial charge is 0.497 e. The van der Waals surface area contributed by atoms with Gasteiger partial charge in [-0.25, -0.2) is 0 Å². The molecule has 0 aromatic heterocycles. The van der Waals surface area contributed by atoms with E-state index in [4.69, 9.17) is 4.74 Å². The number of methoxy groups -OCH3 is 1. The van der Waals surface area contributed by atoms with E-state index in [0.29, 0.717) is 0 Å². The minimum absolute atomic E-state index is 0.225. The van der Waals surface area contributed by atoms with E-state index in [0.717, 1.165) is 12.3 Å². The van der Waals surface area contributed by atoms with Crippen LogP contribution in [0.1, 0.15) is 24.1 Å². The summed E-state index contributed by atoms with van der Waals surface area (Å²) in [7, 11) is 5.87. The summed E-state index contributed by atoms with van der Waals surface area (Å²) in [6, 6.07) is 16.9. The highest BCUT2D eigenvalue weighted by atomic mass is 16.5. The Morgan fingerprint density at radius 3 is 2.57 bits per heavy atom. The van der Waals surface area contributed by atoms with E-state index in [1.165, 1.54) is 16.8 Å². The summed E-state index contributed by atoms with van der Waals surface area (Å²) in [5.74, 6) is 0.891. The van der Waals surface area contributed by atoms with Gasteiger partial charge >= 0.3 is 0 Å². The Kier molecular flexibility index (Phi) is 5.23. The Bertz CT molecular complexity index is 581. The predicted octanol–water partition coefficient (Wildman–Crippen LogP) is 3.93. The quantitative estimate of drug-likeness (QED) is 0.870. The first-order valence-electron chi connectivity index (χ1n) is 7.23. The van der Waals surface area contributed by atoms with Gasteiger partial charge in [0.15, 0.2) is 0 Å². The second-order valence-electron chi connectivity index (χ2n) is 5.54. The minimum Gasteiger partial charge on any atom is -0.497 e. The van der Waals surface area contributed by atoms with Gasteiger partial charge in [0, 0.05) is 18.3 Å². The van der Waals surface area contributed by atoms with E-state index in [9.17, 15) is 0 Å². The lowest BCUT2D eigenvalue weighted by atomic mass is 10.1. The number of benzene rings is 2. The van der Waals surface area contributed by atoms with Crippen LogP contribution in [0.3, 0.4) is 0 Å². The number of rotatable bonds is 6. The molecule has 3 heteroatoms. The van der Waals surface area contributed by atoms with Crippen molar-refractivity contribution >= 4 is 5.69 Å². The lowest BCUT2D eigenvalue weighted by molar-refractivity contribution is 0.403. The van der Waals surface area contributed by atoms with Crippen molar-refractivity contribution in [1.29, 1.82) is 0 Å². The minimum atomic E-state index is 0.225. The number of hydrogen-bond donors (Lipinski definition) is 1. The van der Waals surface area contributed by atoms with Crippen molar-refractivity contribution in [3.8, 4) is 5.75 Å². The van der Waals surface area contributed by atoms with Crippen molar-refractivity contribution in [2.45, 2.75) is 19.5 Å². The van der Waals surface area contributed by atoms with Gasteiger partial charge in [0.1, 0.15) is 5.75 Å². The summed E-state index contributed by atoms with van der Waals surface area (Å²) in [4.78, 5) is 2.18. The van der Waals surface area contributed by atoms with Gasteiger partial charge in [-0.1, -0.05) is 30.3 Å². The van der Waals surface area contributed by atoms with Crippen LogP contribution in [0.4, 0.5) is 5.69 Å². The average molecular weight is 284 g/mol. The number of ether oxygens (including phenoxy) is 1. The van der Waals surface area contributed by atoms with Crippen molar-refractivity contribution in [2.75, 3.05) is 26.5 Å². The van der Waals surface area contributed by atoms with Gasteiger partial charge in [0.25, 0.3) is 0 Å². The highest BCUT2D eigenvalue weighted by Crippen LogP contribution is 2.25. The van der Waals surface area contributed by atoms with Crippen molar-refractivity contribution in [3.05, 3.63) is 59.7 Å². The molecule has 0 saturated heterocycles. The molecular weight excluding hydrogens is 260 g/mol. The predicted molar refractivity (Wildman–Crippen MR) is 88.9 cm³/mol. The molecule has 0 fully saturated rings. The molecule has 112 valence electrons. The van der Waals surface area contributed by atoms with Crippen molar-refractivity contribution in [3.63, 3.8) is 0 Å². The lowest BCUT2D eigenvalue weighted by Crippen LogP contribution is -2.14. The number of nitrogens with one attached hydrogen (secondary N) is 1. The molecule has 0 amide bonds. The SMILES string of the molecule is COc1cccc(C(C)Nc2ccccc2CN(C)C)c1. The number of anilines is 1. The maximum absolute atomic E-state index is 5.30. The Balaban J connectivity index is 2.17. The molecule has 21 heavy (non-hydrogen) atoms. The summed E-state index contributed by atoms with van der Waals surface area (Å²) in [6.07, 6.45) is 0. The summed E-state index contributed by atoms with van der Waals surface area (Å²) < 4.78 is 5.30. The zero-order chi connectivity index (χ0) is 15.2. The molecule has 0 aliphatic rings. The molecule has 0 saturated carbocycles. The van der Waals surface area contributed by atoms with E-state index in [1.54, 1.807) is 7.11 Å². The van der Waals surface area contributed by atoms with E-state index in [-0.39, 0.29) is 6.04 Å². The van der Waals surface area contributed by atoms with Gasteiger partial charge in [-0.05, 0) is 50.3 Å². The molecular formula is C18H24N2O. The highest BCUT2D eigenvalue weighted by Gasteiger charge is 2.09. The van der Waals surface area contributed by atoms with Gasteiger partial charge < -0.3 is 15.0 Å². The van der Waals surface area contributed by atoms with Crippen LogP contribution < -0.4 is 10.1 Å². The monoisotopic (exact) mass is 284 g/mol. The van der Waals surface area contributed by atoms with Crippen LogP contribution in [0, 0.1) is 0 Å². The third-order valence-electron chi connectivity index (χ3n) is 3.47. The van der Waals surface area contributed by atoms with Gasteiger partial charge in [-0.2, -0.15) is 0 Å². The second kappa shape index (κ2) is 7.14. The van der Waals surface area contributed by atoms with E-state index in [2.05, 4.69) is 67.6 Å². The number of hydrogen-bond acceptors (Lipinski definition) is 3. The third-order valence-corrected chi connectivity index (χ3v) is 3.47. The summed E-state index contributed by atoms with van der Waals surface area (Å²) >= 11 is 0. The maximum Gasteiger partial charge on any atom is 0.119 e. The van der Waals surface area contributed by atoms with E-state index >= 15 is 0 Å². The lowest BCUT2D eigenvalue weighted by Gasteiger charge is -2.20. The molecule has 1 unspecified atom stereocenters. The third kappa shape index (κ3) is 4.23. The zero-order valence-corrected chi connectivity index (χ0v) is 13.3. The average Bonchev–Trinajstić information content (AvgIpc) is 2.48. The first kappa shape index (κ1) is 15.4. The van der Waals surface area contributed by atoms with Crippen LogP contribution in [0.5, 0.6) is 5.75 Å². The topological polar surface area (TPSA) is 24.5 Å². The molecule has 0 bridgehead atoms. The van der Waals surface area contributed by atoms with Crippen molar-refractivity contribution < 1.29 is 4.74 Å². The first-order chi connectivity index (χ1) is 10.1. The van der Waals surface area contributed by atoms with Crippen LogP contribution in [0.15, 0.2) is 48.5 Å². The van der Waals surface area contributed by atoms with Crippen LogP contribution in [-0.2, 0) is 6.54 Å². The fourth-order valence-corrected chi connectivity index (χ4v) is 2.37. The molecule has 1 N–H and O–H groups in total. The molecule has 0 radical (unpaired) electrons. The number of para-hydroxylation sites is 1. The van der Waals surface area contributed by atoms with Crippen LogP contribution in [0.2, 0.25) is 0 Å². The van der Waals surface area contributed by atoms with E-state index < -0.39 is 0 Å². The molecule has 0 aliphatic carbocycles. The van der Waals surface area contributed by atoms with Crippen LogP contribution >= 0.6 is 0 Å². The molecule has 0 aliphatic heterocycles. The molecule has 0 heterocycles. The Morgan fingerprint density at radius 1 is 1.10 bits per heavy atom. The standard InChI is InChI=1S/C18H24N2O/c1-14(15-9-7-10-17(12-15)21-4)19-18-11-6-5-8-16(18)13-20(2)3/h5-12,14,19H,13H2,1-4H3. The Hall–Kier alpha value is -2.00.